The van der Waals surface area contributed by atoms with Crippen molar-refractivity contribution in [3.63, 3.8) is 0 Å². The molecular weight excluding hydrogens is 388 g/mol. The Morgan fingerprint density at radius 1 is 1.26 bits per heavy atom. The molecule has 2 aliphatic heterocycles. The van der Waals surface area contributed by atoms with Gasteiger partial charge in [0.2, 0.25) is 0 Å². The molecule has 0 radical (unpaired) electrons. The molecule has 1 saturated heterocycles. The van der Waals surface area contributed by atoms with Crippen LogP contribution in [-0.2, 0) is 17.8 Å². The second-order valence-electron chi connectivity index (χ2n) is 7.96. The predicted octanol–water partition coefficient (Wildman–Crippen LogP) is 3.45. The molecule has 31 heavy (non-hydrogen) atoms. The van der Waals surface area contributed by atoms with Crippen LogP contribution < -0.4 is 10.1 Å². The molecule has 0 atom stereocenters. The molecule has 6 nitrogen and oxygen atoms in total. The summed E-state index contributed by atoms with van der Waals surface area (Å²) < 4.78 is 10.9. The maximum Gasteiger partial charge on any atom is 0.152 e. The fraction of sp³-hybridized carbons (Fsp3) is 0.400. The summed E-state index contributed by atoms with van der Waals surface area (Å²) in [6.07, 6.45) is 11.2. The molecular formula is C25H32N4O2. The van der Waals surface area contributed by atoms with E-state index in [2.05, 4.69) is 57.0 Å². The van der Waals surface area contributed by atoms with E-state index in [1.807, 2.05) is 18.3 Å². The van der Waals surface area contributed by atoms with Crippen LogP contribution in [0.4, 0.5) is 0 Å². The normalized spacial score (nSPS) is 17.4. The number of fused-ring (bicyclic) bond motifs is 3. The Morgan fingerprint density at radius 2 is 2.13 bits per heavy atom. The standard InChI is InChI=1S/C25H32N4O2/c1-20(8-5-3-4-6-15-30-2)29-13-11-28(12-14-29)18-22-16-21-17-26-19-31-25(21)24-23(22)9-7-10-27-24/h4-10,16,26H,1,3,11-15,17-19H2,2H3/b6-4-,8-5-. The molecule has 164 valence electrons. The van der Waals surface area contributed by atoms with Crippen LogP contribution in [0, 0.1) is 0 Å². The van der Waals surface area contributed by atoms with Crippen LogP contribution >= 0.6 is 0 Å². The van der Waals surface area contributed by atoms with Crippen LogP contribution in [0.5, 0.6) is 5.75 Å². The molecule has 2 aliphatic rings. The molecule has 1 N–H and O–H groups in total. The van der Waals surface area contributed by atoms with Crippen molar-refractivity contribution in [2.75, 3.05) is 46.6 Å². The lowest BCUT2D eigenvalue weighted by atomic mass is 10.0. The Hall–Kier alpha value is -2.67. The van der Waals surface area contributed by atoms with E-state index in [1.54, 1.807) is 7.11 Å². The van der Waals surface area contributed by atoms with Crippen molar-refractivity contribution in [2.45, 2.75) is 19.5 Å². The summed E-state index contributed by atoms with van der Waals surface area (Å²) in [4.78, 5) is 9.52. The lowest BCUT2D eigenvalue weighted by Gasteiger charge is -2.36. The Kier molecular flexibility index (Phi) is 7.35. The molecule has 0 amide bonds. The monoisotopic (exact) mass is 420 g/mol. The van der Waals surface area contributed by atoms with Crippen molar-refractivity contribution in [1.82, 2.24) is 20.1 Å². The Labute approximate surface area is 184 Å². The van der Waals surface area contributed by atoms with Crippen LogP contribution in [-0.4, -0.2) is 61.4 Å². The molecule has 4 rings (SSSR count). The van der Waals surface area contributed by atoms with Gasteiger partial charge in [-0.15, -0.1) is 0 Å². The molecule has 6 heteroatoms. The number of methoxy groups -OCH3 is 1. The first-order chi connectivity index (χ1) is 15.3. The van der Waals surface area contributed by atoms with Crippen LogP contribution in [0.2, 0.25) is 0 Å². The molecule has 1 aromatic heterocycles. The second-order valence-corrected chi connectivity index (χ2v) is 7.96. The van der Waals surface area contributed by atoms with Crippen molar-refractivity contribution in [2.24, 2.45) is 0 Å². The maximum absolute atomic E-state index is 5.86. The first-order valence-corrected chi connectivity index (χ1v) is 11.0. The van der Waals surface area contributed by atoms with E-state index < -0.39 is 0 Å². The number of nitrogens with zero attached hydrogens (tertiary/aromatic N) is 3. The summed E-state index contributed by atoms with van der Waals surface area (Å²) in [6, 6.07) is 6.46. The third-order valence-electron chi connectivity index (χ3n) is 5.83. The van der Waals surface area contributed by atoms with E-state index in [4.69, 9.17) is 9.47 Å². The number of nitrogens with one attached hydrogen (secondary N) is 1. The van der Waals surface area contributed by atoms with Crippen LogP contribution in [0.25, 0.3) is 10.9 Å². The summed E-state index contributed by atoms with van der Waals surface area (Å²) in [5.41, 5.74) is 4.59. The SMILES string of the molecule is C=C(/C=C\C/C=C\COC)N1CCN(Cc2cc3c(c4ncccc24)OCNC3)CC1. The zero-order chi connectivity index (χ0) is 21.5. The zero-order valence-corrected chi connectivity index (χ0v) is 18.3. The van der Waals surface area contributed by atoms with Crippen LogP contribution in [0.1, 0.15) is 17.5 Å². The van der Waals surface area contributed by atoms with Crippen molar-refractivity contribution >= 4 is 10.9 Å². The van der Waals surface area contributed by atoms with Crippen molar-refractivity contribution in [1.29, 1.82) is 0 Å². The van der Waals surface area contributed by atoms with Gasteiger partial charge in [-0.25, -0.2) is 0 Å². The quantitative estimate of drug-likeness (QED) is 0.521. The number of piperazine rings is 1. The van der Waals surface area contributed by atoms with Gasteiger partial charge >= 0.3 is 0 Å². The van der Waals surface area contributed by atoms with E-state index in [-0.39, 0.29) is 0 Å². The number of hydrogen-bond acceptors (Lipinski definition) is 6. The highest BCUT2D eigenvalue weighted by atomic mass is 16.5. The van der Waals surface area contributed by atoms with Gasteiger partial charge in [0.15, 0.2) is 5.75 Å². The number of rotatable bonds is 8. The van der Waals surface area contributed by atoms with Crippen LogP contribution in [0.15, 0.2) is 61.0 Å². The maximum atomic E-state index is 5.86. The van der Waals surface area contributed by atoms with Gasteiger partial charge in [0.1, 0.15) is 12.2 Å². The van der Waals surface area contributed by atoms with Gasteiger partial charge in [-0.3, -0.25) is 15.2 Å². The molecule has 2 aromatic rings. The van der Waals surface area contributed by atoms with Gasteiger partial charge in [0, 0.05) is 69.2 Å². The molecule has 0 spiro atoms. The number of aromatic nitrogens is 1. The number of benzene rings is 1. The van der Waals surface area contributed by atoms with Gasteiger partial charge < -0.3 is 14.4 Å². The minimum atomic E-state index is 0.543. The lowest BCUT2D eigenvalue weighted by Crippen LogP contribution is -2.45. The number of ether oxygens (including phenoxy) is 2. The predicted molar refractivity (Wildman–Crippen MR) is 125 cm³/mol. The van der Waals surface area contributed by atoms with Gasteiger partial charge in [-0.1, -0.05) is 30.9 Å². The highest BCUT2D eigenvalue weighted by molar-refractivity contribution is 5.89. The molecule has 1 fully saturated rings. The first-order valence-electron chi connectivity index (χ1n) is 11.0. The topological polar surface area (TPSA) is 49.9 Å². The van der Waals surface area contributed by atoms with E-state index in [1.165, 1.54) is 16.5 Å². The minimum absolute atomic E-state index is 0.543. The van der Waals surface area contributed by atoms with Gasteiger partial charge in [0.05, 0.1) is 6.61 Å². The Balaban J connectivity index is 1.36. The smallest absolute Gasteiger partial charge is 0.152 e. The fourth-order valence-electron chi connectivity index (χ4n) is 4.17. The molecule has 0 saturated carbocycles. The van der Waals surface area contributed by atoms with Crippen LogP contribution in [0.3, 0.4) is 0 Å². The second kappa shape index (κ2) is 10.6. The lowest BCUT2D eigenvalue weighted by molar-refractivity contribution is 0.156. The zero-order valence-electron chi connectivity index (χ0n) is 18.3. The highest BCUT2D eigenvalue weighted by Gasteiger charge is 2.21. The third-order valence-corrected chi connectivity index (χ3v) is 5.83. The molecule has 0 bridgehead atoms. The number of pyridine rings is 1. The summed E-state index contributed by atoms with van der Waals surface area (Å²) in [6.45, 7) is 11.2. The van der Waals surface area contributed by atoms with E-state index in [0.29, 0.717) is 13.3 Å². The molecule has 1 aromatic carbocycles. The summed E-state index contributed by atoms with van der Waals surface area (Å²) in [5.74, 6) is 0.933. The fourth-order valence-corrected chi connectivity index (χ4v) is 4.17. The summed E-state index contributed by atoms with van der Waals surface area (Å²) in [7, 11) is 1.71. The van der Waals surface area contributed by atoms with E-state index in [0.717, 1.165) is 62.7 Å². The van der Waals surface area contributed by atoms with Crippen molar-refractivity contribution in [3.8, 4) is 5.75 Å². The number of hydrogen-bond donors (Lipinski definition) is 1. The minimum Gasteiger partial charge on any atom is -0.476 e. The Morgan fingerprint density at radius 3 is 2.97 bits per heavy atom. The van der Waals surface area contributed by atoms with Gasteiger partial charge in [0.25, 0.3) is 0 Å². The van der Waals surface area contributed by atoms with E-state index in [9.17, 15) is 0 Å². The Bertz CT molecular complexity index is 961. The largest absolute Gasteiger partial charge is 0.476 e. The molecule has 0 aliphatic carbocycles. The van der Waals surface area contributed by atoms with Crippen molar-refractivity contribution < 1.29 is 9.47 Å². The third kappa shape index (κ3) is 5.34. The first kappa shape index (κ1) is 21.6. The molecule has 3 heterocycles. The summed E-state index contributed by atoms with van der Waals surface area (Å²) >= 11 is 0. The van der Waals surface area contributed by atoms with Gasteiger partial charge in [-0.2, -0.15) is 0 Å². The summed E-state index contributed by atoms with van der Waals surface area (Å²) in [5, 5.41) is 4.48. The average molecular weight is 421 g/mol. The molecule has 0 unspecified atom stereocenters. The van der Waals surface area contributed by atoms with Gasteiger partial charge in [-0.05, 0) is 30.2 Å². The average Bonchev–Trinajstić information content (AvgIpc) is 2.82. The highest BCUT2D eigenvalue weighted by Crippen LogP contribution is 2.33. The number of allylic oxidation sites excluding steroid dienone is 3. The van der Waals surface area contributed by atoms with E-state index >= 15 is 0 Å². The van der Waals surface area contributed by atoms with Crippen molar-refractivity contribution in [3.05, 3.63) is 72.1 Å².